The predicted molar refractivity (Wildman–Crippen MR) is 52.9 cm³/mol. The Morgan fingerprint density at radius 3 is 2.82 bits per heavy atom. The Kier molecular flexibility index (Phi) is 3.02. The fraction of sp³-hybridized carbons (Fsp3) is 0.778. The van der Waals surface area contributed by atoms with E-state index in [2.05, 4.69) is 19.9 Å². The van der Waals surface area contributed by atoms with Gasteiger partial charge in [0.2, 0.25) is 0 Å². The Bertz CT molecular complexity index is 161. The third kappa shape index (κ3) is 2.24. The summed E-state index contributed by atoms with van der Waals surface area (Å²) in [7, 11) is 0. The van der Waals surface area contributed by atoms with Crippen LogP contribution >= 0.6 is 11.8 Å². The standard InChI is InChI=1S/C9H17NS/c1-9(2,7-10)8-3-5-11-6-4-8/h3H,4-7,10H2,1-2H3. The van der Waals surface area contributed by atoms with Gasteiger partial charge in [-0.2, -0.15) is 11.8 Å². The highest BCUT2D eigenvalue weighted by atomic mass is 32.2. The van der Waals surface area contributed by atoms with Crippen LogP contribution in [-0.4, -0.2) is 18.1 Å². The normalized spacial score (nSPS) is 19.7. The van der Waals surface area contributed by atoms with E-state index in [0.29, 0.717) is 0 Å². The summed E-state index contributed by atoms with van der Waals surface area (Å²) in [5, 5.41) is 0. The molecule has 1 nitrogen and oxygen atoms in total. The van der Waals surface area contributed by atoms with Crippen molar-refractivity contribution in [1.29, 1.82) is 0 Å². The van der Waals surface area contributed by atoms with Gasteiger partial charge >= 0.3 is 0 Å². The maximum Gasteiger partial charge on any atom is 0.0116 e. The zero-order chi connectivity index (χ0) is 8.32. The van der Waals surface area contributed by atoms with Crippen LogP contribution in [0.15, 0.2) is 11.6 Å². The molecule has 2 N–H and O–H groups in total. The van der Waals surface area contributed by atoms with Crippen LogP contribution in [-0.2, 0) is 0 Å². The van der Waals surface area contributed by atoms with E-state index in [1.165, 1.54) is 17.9 Å². The van der Waals surface area contributed by atoms with Crippen molar-refractivity contribution in [2.45, 2.75) is 20.3 Å². The van der Waals surface area contributed by atoms with Gasteiger partial charge in [-0.3, -0.25) is 0 Å². The van der Waals surface area contributed by atoms with Crippen molar-refractivity contribution in [3.05, 3.63) is 11.6 Å². The van der Waals surface area contributed by atoms with Gasteiger partial charge in [-0.05, 0) is 17.6 Å². The second-order valence-corrected chi connectivity index (χ2v) is 4.79. The quantitative estimate of drug-likeness (QED) is 0.643. The zero-order valence-electron chi connectivity index (χ0n) is 7.39. The largest absolute Gasteiger partial charge is 0.330 e. The summed E-state index contributed by atoms with van der Waals surface area (Å²) in [6.45, 7) is 5.23. The van der Waals surface area contributed by atoms with E-state index in [1.807, 2.05) is 11.8 Å². The van der Waals surface area contributed by atoms with E-state index < -0.39 is 0 Å². The minimum absolute atomic E-state index is 0.237. The second-order valence-electron chi connectivity index (χ2n) is 3.64. The molecule has 0 saturated heterocycles. The van der Waals surface area contributed by atoms with Crippen molar-refractivity contribution in [3.8, 4) is 0 Å². The van der Waals surface area contributed by atoms with E-state index >= 15 is 0 Å². The first-order valence-corrected chi connectivity index (χ1v) is 5.29. The zero-order valence-corrected chi connectivity index (χ0v) is 8.21. The maximum atomic E-state index is 5.69. The molecule has 0 fully saturated rings. The third-order valence-electron chi connectivity index (χ3n) is 2.34. The Balaban J connectivity index is 2.64. The lowest BCUT2D eigenvalue weighted by Crippen LogP contribution is -2.27. The van der Waals surface area contributed by atoms with Gasteiger partial charge in [0, 0.05) is 12.3 Å². The summed E-state index contributed by atoms with van der Waals surface area (Å²) in [6.07, 6.45) is 3.58. The molecule has 0 aromatic carbocycles. The molecule has 2 heteroatoms. The van der Waals surface area contributed by atoms with Crippen LogP contribution in [0.4, 0.5) is 0 Å². The molecule has 0 bridgehead atoms. The Labute approximate surface area is 73.4 Å². The average molecular weight is 171 g/mol. The van der Waals surface area contributed by atoms with Gasteiger partial charge in [0.15, 0.2) is 0 Å². The molecule has 0 amide bonds. The number of thioether (sulfide) groups is 1. The summed E-state index contributed by atoms with van der Waals surface area (Å²) in [6, 6.07) is 0. The van der Waals surface area contributed by atoms with E-state index in [-0.39, 0.29) is 5.41 Å². The molecular weight excluding hydrogens is 154 g/mol. The fourth-order valence-corrected chi connectivity index (χ4v) is 2.12. The lowest BCUT2D eigenvalue weighted by molar-refractivity contribution is 0.447. The molecule has 1 rings (SSSR count). The summed E-state index contributed by atoms with van der Waals surface area (Å²) < 4.78 is 0. The lowest BCUT2D eigenvalue weighted by atomic mass is 9.82. The lowest BCUT2D eigenvalue weighted by Gasteiger charge is -2.28. The average Bonchev–Trinajstić information content (AvgIpc) is 2.06. The van der Waals surface area contributed by atoms with E-state index in [1.54, 1.807) is 5.57 Å². The first-order valence-electron chi connectivity index (χ1n) is 4.14. The molecule has 0 aromatic heterocycles. The van der Waals surface area contributed by atoms with Crippen molar-refractivity contribution in [1.82, 2.24) is 0 Å². The van der Waals surface area contributed by atoms with Crippen molar-refractivity contribution in [2.24, 2.45) is 11.1 Å². The molecule has 0 spiro atoms. The molecule has 1 aliphatic heterocycles. The Morgan fingerprint density at radius 1 is 1.64 bits per heavy atom. The molecule has 0 saturated carbocycles. The van der Waals surface area contributed by atoms with Gasteiger partial charge in [0.1, 0.15) is 0 Å². The Morgan fingerprint density at radius 2 is 2.36 bits per heavy atom. The summed E-state index contributed by atoms with van der Waals surface area (Å²) >= 11 is 2.01. The van der Waals surface area contributed by atoms with Crippen molar-refractivity contribution in [2.75, 3.05) is 18.1 Å². The maximum absolute atomic E-state index is 5.69. The minimum atomic E-state index is 0.237. The van der Waals surface area contributed by atoms with Crippen molar-refractivity contribution in [3.63, 3.8) is 0 Å². The van der Waals surface area contributed by atoms with Crippen LogP contribution < -0.4 is 5.73 Å². The molecule has 1 heterocycles. The number of hydrogen-bond donors (Lipinski definition) is 1. The highest BCUT2D eigenvalue weighted by Crippen LogP contribution is 2.31. The smallest absolute Gasteiger partial charge is 0.0116 e. The van der Waals surface area contributed by atoms with Gasteiger partial charge in [-0.1, -0.05) is 25.5 Å². The van der Waals surface area contributed by atoms with Gasteiger partial charge < -0.3 is 5.73 Å². The molecular formula is C9H17NS. The summed E-state index contributed by atoms with van der Waals surface area (Å²) in [4.78, 5) is 0. The van der Waals surface area contributed by atoms with E-state index in [4.69, 9.17) is 5.73 Å². The molecule has 64 valence electrons. The van der Waals surface area contributed by atoms with E-state index in [9.17, 15) is 0 Å². The molecule has 0 unspecified atom stereocenters. The van der Waals surface area contributed by atoms with Gasteiger partial charge in [0.25, 0.3) is 0 Å². The van der Waals surface area contributed by atoms with Crippen molar-refractivity contribution < 1.29 is 0 Å². The molecule has 1 aliphatic rings. The SMILES string of the molecule is CC(C)(CN)C1=CCSCC1. The molecule has 0 aromatic rings. The first kappa shape index (κ1) is 9.14. The highest BCUT2D eigenvalue weighted by molar-refractivity contribution is 7.99. The van der Waals surface area contributed by atoms with Crippen LogP contribution in [0.3, 0.4) is 0 Å². The number of hydrogen-bond acceptors (Lipinski definition) is 2. The molecule has 11 heavy (non-hydrogen) atoms. The van der Waals surface area contributed by atoms with Crippen LogP contribution in [0.5, 0.6) is 0 Å². The summed E-state index contributed by atoms with van der Waals surface area (Å²) in [5.41, 5.74) is 7.48. The van der Waals surface area contributed by atoms with Gasteiger partial charge in [-0.25, -0.2) is 0 Å². The summed E-state index contributed by atoms with van der Waals surface area (Å²) in [5.74, 6) is 2.45. The third-order valence-corrected chi connectivity index (χ3v) is 3.24. The first-order chi connectivity index (χ1) is 5.17. The Hall–Kier alpha value is 0.0500. The number of nitrogens with two attached hydrogens (primary N) is 1. The number of rotatable bonds is 2. The van der Waals surface area contributed by atoms with Crippen LogP contribution in [0.1, 0.15) is 20.3 Å². The molecule has 0 aliphatic carbocycles. The predicted octanol–water partition coefficient (Wildman–Crippen LogP) is 2.03. The minimum Gasteiger partial charge on any atom is -0.330 e. The molecule has 0 atom stereocenters. The highest BCUT2D eigenvalue weighted by Gasteiger charge is 2.21. The second kappa shape index (κ2) is 3.63. The van der Waals surface area contributed by atoms with Crippen molar-refractivity contribution >= 4 is 11.8 Å². The van der Waals surface area contributed by atoms with Crippen LogP contribution in [0.2, 0.25) is 0 Å². The topological polar surface area (TPSA) is 26.0 Å². The monoisotopic (exact) mass is 171 g/mol. The van der Waals surface area contributed by atoms with Crippen LogP contribution in [0.25, 0.3) is 0 Å². The molecule has 0 radical (unpaired) electrons. The fourth-order valence-electron chi connectivity index (χ4n) is 1.27. The van der Waals surface area contributed by atoms with Gasteiger partial charge in [0.05, 0.1) is 0 Å². The van der Waals surface area contributed by atoms with Gasteiger partial charge in [-0.15, -0.1) is 0 Å². The van der Waals surface area contributed by atoms with E-state index in [0.717, 1.165) is 6.54 Å². The van der Waals surface area contributed by atoms with Crippen LogP contribution in [0, 0.1) is 5.41 Å².